The van der Waals surface area contributed by atoms with Crippen molar-refractivity contribution in [2.24, 2.45) is 0 Å². The largest absolute Gasteiger partial charge is 0.338 e. The molecule has 0 spiro atoms. The molecule has 3 heterocycles. The first-order valence-electron chi connectivity index (χ1n) is 6.75. The molecule has 0 aromatic carbocycles. The minimum Gasteiger partial charge on any atom is -0.338 e. The van der Waals surface area contributed by atoms with Gasteiger partial charge < -0.3 is 4.90 Å². The van der Waals surface area contributed by atoms with Gasteiger partial charge in [0.05, 0.1) is 12.7 Å². The second-order valence-corrected chi connectivity index (χ2v) is 8.40. The van der Waals surface area contributed by atoms with Crippen LogP contribution < -0.4 is 0 Å². The number of hydrogen-bond acceptors (Lipinski definition) is 4. The lowest BCUT2D eigenvalue weighted by Crippen LogP contribution is -2.41. The average Bonchev–Trinajstić information content (AvgIpc) is 3.02. The van der Waals surface area contributed by atoms with Gasteiger partial charge in [-0.05, 0) is 24.3 Å². The summed E-state index contributed by atoms with van der Waals surface area (Å²) < 4.78 is 25.0. The summed E-state index contributed by atoms with van der Waals surface area (Å²) in [6.07, 6.45) is 3.20. The van der Waals surface area contributed by atoms with Crippen molar-refractivity contribution in [2.75, 3.05) is 19.3 Å². The molecule has 0 radical (unpaired) electrons. The highest BCUT2D eigenvalue weighted by Gasteiger charge is 2.47. The molecule has 1 amide bonds. The van der Waals surface area contributed by atoms with Gasteiger partial charge in [-0.1, -0.05) is 6.07 Å². The maximum atomic E-state index is 12.4. The number of carbonyl (C=O) groups excluding carboxylic acids is 1. The van der Waals surface area contributed by atoms with Crippen LogP contribution in [0.5, 0.6) is 0 Å². The van der Waals surface area contributed by atoms with E-state index in [4.69, 9.17) is 0 Å². The molecule has 1 aromatic heterocycles. The van der Waals surface area contributed by atoms with E-state index in [1.165, 1.54) is 6.26 Å². The van der Waals surface area contributed by atoms with Gasteiger partial charge in [0.1, 0.15) is 0 Å². The molecule has 2 aliphatic rings. The van der Waals surface area contributed by atoms with E-state index in [0.717, 1.165) is 17.7 Å². The fourth-order valence-electron chi connectivity index (χ4n) is 3.33. The van der Waals surface area contributed by atoms with Crippen LogP contribution in [0.4, 0.5) is 0 Å². The first kappa shape index (κ1) is 14.0. The molecule has 2 atom stereocenters. The SMILES string of the molecule is CS(=O)(=O)N1CC[C@@H]2[C@H]1CCN2C(=O)Cc1cccs1. The predicted molar refractivity (Wildman–Crippen MR) is 78.1 cm³/mol. The second-order valence-electron chi connectivity index (χ2n) is 5.43. The zero-order chi connectivity index (χ0) is 14.3. The molecule has 0 N–H and O–H groups in total. The molecule has 1 aromatic rings. The molecule has 0 unspecified atom stereocenters. The molecule has 20 heavy (non-hydrogen) atoms. The quantitative estimate of drug-likeness (QED) is 0.834. The Labute approximate surface area is 123 Å². The molecule has 7 heteroatoms. The zero-order valence-corrected chi connectivity index (χ0v) is 13.0. The number of fused-ring (bicyclic) bond motifs is 1. The number of carbonyl (C=O) groups is 1. The smallest absolute Gasteiger partial charge is 0.228 e. The molecule has 0 aliphatic carbocycles. The monoisotopic (exact) mass is 314 g/mol. The van der Waals surface area contributed by atoms with Crippen LogP contribution in [-0.2, 0) is 21.2 Å². The van der Waals surface area contributed by atoms with Gasteiger partial charge >= 0.3 is 0 Å². The number of rotatable bonds is 3. The van der Waals surface area contributed by atoms with Gasteiger partial charge in [-0.2, -0.15) is 4.31 Å². The Morgan fingerprint density at radius 3 is 2.75 bits per heavy atom. The zero-order valence-electron chi connectivity index (χ0n) is 11.4. The van der Waals surface area contributed by atoms with Crippen LogP contribution in [0, 0.1) is 0 Å². The van der Waals surface area contributed by atoms with E-state index in [-0.39, 0.29) is 18.0 Å². The Bertz CT molecular complexity index is 597. The highest BCUT2D eigenvalue weighted by molar-refractivity contribution is 7.88. The Morgan fingerprint density at radius 2 is 2.10 bits per heavy atom. The average molecular weight is 314 g/mol. The summed E-state index contributed by atoms with van der Waals surface area (Å²) >= 11 is 1.59. The highest BCUT2D eigenvalue weighted by Crippen LogP contribution is 2.33. The van der Waals surface area contributed by atoms with Crippen molar-refractivity contribution in [1.29, 1.82) is 0 Å². The van der Waals surface area contributed by atoms with Gasteiger partial charge in [-0.15, -0.1) is 11.3 Å². The first-order valence-corrected chi connectivity index (χ1v) is 9.48. The minimum absolute atomic E-state index is 0.0164. The predicted octanol–water partition coefficient (Wildman–Crippen LogP) is 0.925. The fourth-order valence-corrected chi connectivity index (χ4v) is 5.20. The number of thiophene rings is 1. The summed E-state index contributed by atoms with van der Waals surface area (Å²) in [7, 11) is -3.16. The van der Waals surface area contributed by atoms with Crippen molar-refractivity contribution >= 4 is 27.3 Å². The van der Waals surface area contributed by atoms with Crippen molar-refractivity contribution < 1.29 is 13.2 Å². The summed E-state index contributed by atoms with van der Waals surface area (Å²) in [6.45, 7) is 1.21. The lowest BCUT2D eigenvalue weighted by atomic mass is 10.1. The van der Waals surface area contributed by atoms with E-state index in [2.05, 4.69) is 0 Å². The third kappa shape index (κ3) is 2.49. The van der Waals surface area contributed by atoms with E-state index in [0.29, 0.717) is 19.5 Å². The van der Waals surface area contributed by atoms with E-state index >= 15 is 0 Å². The van der Waals surface area contributed by atoms with Crippen LogP contribution in [0.2, 0.25) is 0 Å². The van der Waals surface area contributed by atoms with Gasteiger partial charge in [-0.3, -0.25) is 4.79 Å². The number of nitrogens with zero attached hydrogens (tertiary/aromatic N) is 2. The Kier molecular flexibility index (Phi) is 3.60. The second kappa shape index (κ2) is 5.13. The van der Waals surface area contributed by atoms with E-state index in [1.807, 2.05) is 22.4 Å². The molecule has 5 nitrogen and oxygen atoms in total. The third-order valence-electron chi connectivity index (χ3n) is 4.18. The summed E-state index contributed by atoms with van der Waals surface area (Å²) in [5.74, 6) is 0.121. The Balaban J connectivity index is 1.71. The van der Waals surface area contributed by atoms with Crippen molar-refractivity contribution in [2.45, 2.75) is 31.3 Å². The topological polar surface area (TPSA) is 57.7 Å². The number of hydrogen-bond donors (Lipinski definition) is 0. The van der Waals surface area contributed by atoms with Crippen molar-refractivity contribution in [3.05, 3.63) is 22.4 Å². The molecule has 0 bridgehead atoms. The van der Waals surface area contributed by atoms with Gasteiger partial charge in [0.2, 0.25) is 15.9 Å². The van der Waals surface area contributed by atoms with Gasteiger partial charge in [0, 0.05) is 30.1 Å². The summed E-state index contributed by atoms with van der Waals surface area (Å²) in [4.78, 5) is 15.3. The fraction of sp³-hybridized carbons (Fsp3) is 0.615. The van der Waals surface area contributed by atoms with Gasteiger partial charge in [0.25, 0.3) is 0 Å². The highest BCUT2D eigenvalue weighted by atomic mass is 32.2. The molecular formula is C13H18N2O3S2. The first-order chi connectivity index (χ1) is 9.47. The maximum absolute atomic E-state index is 12.4. The third-order valence-corrected chi connectivity index (χ3v) is 6.36. The molecular weight excluding hydrogens is 296 g/mol. The lowest BCUT2D eigenvalue weighted by molar-refractivity contribution is -0.131. The van der Waals surface area contributed by atoms with Crippen molar-refractivity contribution in [3.8, 4) is 0 Å². The van der Waals surface area contributed by atoms with Crippen molar-refractivity contribution in [1.82, 2.24) is 9.21 Å². The summed E-state index contributed by atoms with van der Waals surface area (Å²) in [5, 5.41) is 1.97. The van der Waals surface area contributed by atoms with E-state index < -0.39 is 10.0 Å². The van der Waals surface area contributed by atoms with E-state index in [1.54, 1.807) is 15.6 Å². The van der Waals surface area contributed by atoms with Crippen LogP contribution >= 0.6 is 11.3 Å². The maximum Gasteiger partial charge on any atom is 0.228 e. The van der Waals surface area contributed by atoms with Gasteiger partial charge in [-0.25, -0.2) is 8.42 Å². The molecule has 110 valence electrons. The standard InChI is InChI=1S/C13H18N2O3S2/c1-20(17,18)15-7-5-11-12(15)4-6-14(11)13(16)9-10-3-2-8-19-10/h2-3,8,11-12H,4-7,9H2,1H3/t11-,12-/m1/s1. The Morgan fingerprint density at radius 1 is 1.35 bits per heavy atom. The number of sulfonamides is 1. The molecule has 3 rings (SSSR count). The normalized spacial score (nSPS) is 26.9. The Hall–Kier alpha value is -0.920. The number of amides is 1. The lowest BCUT2D eigenvalue weighted by Gasteiger charge is -2.24. The minimum atomic E-state index is -3.16. The molecule has 2 fully saturated rings. The van der Waals surface area contributed by atoms with Gasteiger partial charge in [0.15, 0.2) is 0 Å². The number of likely N-dealkylation sites (tertiary alicyclic amines) is 1. The summed E-state index contributed by atoms with van der Waals surface area (Å²) in [5.41, 5.74) is 0. The molecule has 2 aliphatic heterocycles. The van der Waals surface area contributed by atoms with Crippen LogP contribution in [0.1, 0.15) is 17.7 Å². The van der Waals surface area contributed by atoms with Crippen LogP contribution in [0.15, 0.2) is 17.5 Å². The van der Waals surface area contributed by atoms with Crippen LogP contribution in [-0.4, -0.2) is 55.0 Å². The molecule has 2 saturated heterocycles. The summed E-state index contributed by atoms with van der Waals surface area (Å²) in [6, 6.07) is 3.96. The van der Waals surface area contributed by atoms with Crippen LogP contribution in [0.3, 0.4) is 0 Å². The van der Waals surface area contributed by atoms with Crippen molar-refractivity contribution in [3.63, 3.8) is 0 Å². The van der Waals surface area contributed by atoms with E-state index in [9.17, 15) is 13.2 Å². The molecule has 0 saturated carbocycles. The van der Waals surface area contributed by atoms with Crippen LogP contribution in [0.25, 0.3) is 0 Å².